The van der Waals surface area contributed by atoms with Gasteiger partial charge in [-0.3, -0.25) is 0 Å². The van der Waals surface area contributed by atoms with Gasteiger partial charge in [0, 0.05) is 12.6 Å². The Kier molecular flexibility index (Phi) is 3.96. The van der Waals surface area contributed by atoms with Gasteiger partial charge in [0.15, 0.2) is 0 Å². The average Bonchev–Trinajstić information content (AvgIpc) is 2.75. The van der Waals surface area contributed by atoms with Crippen LogP contribution in [0.4, 0.5) is 4.79 Å². The van der Waals surface area contributed by atoms with Crippen molar-refractivity contribution >= 4 is 6.09 Å². The zero-order chi connectivity index (χ0) is 13.0. The predicted molar refractivity (Wildman–Crippen MR) is 64.5 cm³/mol. The number of carbonyl (C=O) groups excluding carboxylic acids is 1. The van der Waals surface area contributed by atoms with Gasteiger partial charge in [0.1, 0.15) is 6.61 Å². The predicted octanol–water partition coefficient (Wildman–Crippen LogP) is 1.31. The minimum Gasteiger partial charge on any atom is -0.477 e. The molecular weight excluding hydrogens is 234 g/mol. The number of carbonyl (C=O) groups is 1. The van der Waals surface area contributed by atoms with Crippen LogP contribution in [-0.4, -0.2) is 47.5 Å². The summed E-state index contributed by atoms with van der Waals surface area (Å²) in [6.07, 6.45) is 0.518. The molecule has 98 valence electrons. The van der Waals surface area contributed by atoms with Gasteiger partial charge < -0.3 is 14.4 Å². The summed E-state index contributed by atoms with van der Waals surface area (Å²) in [5.41, 5.74) is 1.96. The van der Waals surface area contributed by atoms with Crippen molar-refractivity contribution in [2.45, 2.75) is 20.3 Å². The summed E-state index contributed by atoms with van der Waals surface area (Å²) in [5.74, 6) is 0.530. The van der Waals surface area contributed by atoms with Crippen molar-refractivity contribution in [1.29, 1.82) is 0 Å². The molecule has 1 aliphatic rings. The summed E-state index contributed by atoms with van der Waals surface area (Å²) in [6, 6.07) is 1.87. The number of amides is 1. The first-order valence-corrected chi connectivity index (χ1v) is 6.02. The Hall–Kier alpha value is -1.85. The third-order valence-electron chi connectivity index (χ3n) is 2.88. The van der Waals surface area contributed by atoms with Crippen LogP contribution in [0.15, 0.2) is 6.07 Å². The number of rotatable bonds is 5. The minimum atomic E-state index is -0.235. The lowest BCUT2D eigenvalue weighted by Crippen LogP contribution is -2.26. The quantitative estimate of drug-likeness (QED) is 0.738. The Morgan fingerprint density at radius 2 is 2.28 bits per heavy atom. The highest BCUT2D eigenvalue weighted by atomic mass is 16.6. The number of nitrogens with zero attached hydrogens (tertiary/aromatic N) is 3. The van der Waals surface area contributed by atoms with E-state index >= 15 is 0 Å². The molecule has 0 N–H and O–H groups in total. The molecule has 0 saturated carbocycles. The van der Waals surface area contributed by atoms with Crippen molar-refractivity contribution in [2.24, 2.45) is 0 Å². The second-order valence-corrected chi connectivity index (χ2v) is 4.25. The van der Waals surface area contributed by atoms with Crippen LogP contribution in [0.2, 0.25) is 0 Å². The second kappa shape index (κ2) is 5.66. The van der Waals surface area contributed by atoms with E-state index in [-0.39, 0.29) is 6.09 Å². The lowest BCUT2D eigenvalue weighted by atomic mass is 10.2. The van der Waals surface area contributed by atoms with Crippen molar-refractivity contribution in [2.75, 3.05) is 26.3 Å². The van der Waals surface area contributed by atoms with E-state index < -0.39 is 0 Å². The van der Waals surface area contributed by atoms with Gasteiger partial charge in [0.2, 0.25) is 5.88 Å². The average molecular weight is 251 g/mol. The van der Waals surface area contributed by atoms with E-state index in [4.69, 9.17) is 9.47 Å². The standard InChI is InChI=1S/C12H17N3O3/c1-9-8-11(14-13-10(9)2)17-6-3-4-15-5-7-18-12(15)16/h8H,3-7H2,1-2H3. The molecule has 0 radical (unpaired) electrons. The molecule has 1 aromatic rings. The summed E-state index contributed by atoms with van der Waals surface area (Å²) < 4.78 is 10.3. The van der Waals surface area contributed by atoms with Gasteiger partial charge in [0.05, 0.1) is 18.8 Å². The molecule has 6 nitrogen and oxygen atoms in total. The molecule has 1 amide bonds. The number of hydrogen-bond donors (Lipinski definition) is 0. The van der Waals surface area contributed by atoms with Crippen LogP contribution in [0.1, 0.15) is 17.7 Å². The second-order valence-electron chi connectivity index (χ2n) is 4.25. The first-order chi connectivity index (χ1) is 8.66. The molecule has 0 atom stereocenters. The zero-order valence-electron chi connectivity index (χ0n) is 10.7. The van der Waals surface area contributed by atoms with Gasteiger partial charge in [-0.15, -0.1) is 5.10 Å². The molecule has 0 aliphatic carbocycles. The van der Waals surface area contributed by atoms with Crippen LogP contribution in [0, 0.1) is 13.8 Å². The van der Waals surface area contributed by atoms with Gasteiger partial charge in [0.25, 0.3) is 0 Å². The normalized spacial score (nSPS) is 14.8. The molecule has 0 bridgehead atoms. The maximum atomic E-state index is 11.2. The van der Waals surface area contributed by atoms with Crippen LogP contribution in [0.3, 0.4) is 0 Å². The molecule has 2 heterocycles. The number of aromatic nitrogens is 2. The van der Waals surface area contributed by atoms with Gasteiger partial charge in [-0.25, -0.2) is 4.79 Å². The number of ether oxygens (including phenoxy) is 2. The Balaban J connectivity index is 1.71. The van der Waals surface area contributed by atoms with Crippen molar-refractivity contribution in [3.8, 4) is 5.88 Å². The molecule has 1 aromatic heterocycles. The van der Waals surface area contributed by atoms with Crippen LogP contribution in [0.5, 0.6) is 5.88 Å². The van der Waals surface area contributed by atoms with Crippen molar-refractivity contribution < 1.29 is 14.3 Å². The van der Waals surface area contributed by atoms with Crippen LogP contribution >= 0.6 is 0 Å². The molecule has 1 saturated heterocycles. The first kappa shape index (κ1) is 12.6. The smallest absolute Gasteiger partial charge is 0.409 e. The van der Waals surface area contributed by atoms with E-state index in [1.54, 1.807) is 4.90 Å². The highest BCUT2D eigenvalue weighted by Crippen LogP contribution is 2.10. The maximum Gasteiger partial charge on any atom is 0.409 e. The van der Waals surface area contributed by atoms with Crippen molar-refractivity contribution in [3.63, 3.8) is 0 Å². The third kappa shape index (κ3) is 3.09. The monoisotopic (exact) mass is 251 g/mol. The molecule has 1 aliphatic heterocycles. The van der Waals surface area contributed by atoms with Crippen LogP contribution in [-0.2, 0) is 4.74 Å². The summed E-state index contributed by atoms with van der Waals surface area (Å²) in [7, 11) is 0. The number of aryl methyl sites for hydroxylation is 2. The van der Waals surface area contributed by atoms with Crippen molar-refractivity contribution in [3.05, 3.63) is 17.3 Å². The lowest BCUT2D eigenvalue weighted by molar-refractivity contribution is 0.156. The van der Waals surface area contributed by atoms with Crippen LogP contribution < -0.4 is 4.74 Å². The van der Waals surface area contributed by atoms with Gasteiger partial charge >= 0.3 is 6.09 Å². The molecular formula is C12H17N3O3. The van der Waals surface area contributed by atoms with E-state index in [0.29, 0.717) is 32.2 Å². The fraction of sp³-hybridized carbons (Fsp3) is 0.583. The topological polar surface area (TPSA) is 64.6 Å². The Morgan fingerprint density at radius 3 is 2.94 bits per heavy atom. The van der Waals surface area contributed by atoms with Gasteiger partial charge in [-0.1, -0.05) is 0 Å². The lowest BCUT2D eigenvalue weighted by Gasteiger charge is -2.12. The molecule has 0 unspecified atom stereocenters. The van der Waals surface area contributed by atoms with Crippen molar-refractivity contribution in [1.82, 2.24) is 15.1 Å². The fourth-order valence-corrected chi connectivity index (χ4v) is 1.65. The van der Waals surface area contributed by atoms with E-state index in [1.165, 1.54) is 0 Å². The number of hydrogen-bond acceptors (Lipinski definition) is 5. The zero-order valence-corrected chi connectivity index (χ0v) is 10.7. The molecule has 1 fully saturated rings. The van der Waals surface area contributed by atoms with E-state index in [2.05, 4.69) is 10.2 Å². The minimum absolute atomic E-state index is 0.235. The van der Waals surface area contributed by atoms with E-state index in [0.717, 1.165) is 17.7 Å². The number of cyclic esters (lactones) is 1. The summed E-state index contributed by atoms with van der Waals surface area (Å²) in [5, 5.41) is 7.93. The largest absolute Gasteiger partial charge is 0.477 e. The van der Waals surface area contributed by atoms with E-state index in [1.807, 2.05) is 19.9 Å². The molecule has 0 aromatic carbocycles. The fourth-order valence-electron chi connectivity index (χ4n) is 1.65. The summed E-state index contributed by atoms with van der Waals surface area (Å²) in [6.45, 7) is 6.20. The molecule has 6 heteroatoms. The van der Waals surface area contributed by atoms with E-state index in [9.17, 15) is 4.79 Å². The highest BCUT2D eigenvalue weighted by Gasteiger charge is 2.20. The van der Waals surface area contributed by atoms with Gasteiger partial charge in [-0.2, -0.15) is 5.10 Å². The maximum absolute atomic E-state index is 11.2. The molecule has 0 spiro atoms. The molecule has 2 rings (SSSR count). The van der Waals surface area contributed by atoms with Crippen LogP contribution in [0.25, 0.3) is 0 Å². The Bertz CT molecular complexity index is 437. The third-order valence-corrected chi connectivity index (χ3v) is 2.88. The summed E-state index contributed by atoms with van der Waals surface area (Å²) >= 11 is 0. The first-order valence-electron chi connectivity index (χ1n) is 6.02. The highest BCUT2D eigenvalue weighted by molar-refractivity contribution is 5.69. The summed E-state index contributed by atoms with van der Waals surface area (Å²) in [4.78, 5) is 12.8. The Morgan fingerprint density at radius 1 is 1.44 bits per heavy atom. The Labute approximate surface area is 106 Å². The SMILES string of the molecule is Cc1cc(OCCCN2CCOC2=O)nnc1C. The van der Waals surface area contributed by atoms with Gasteiger partial charge in [-0.05, 0) is 25.8 Å². The molecule has 18 heavy (non-hydrogen) atoms.